The van der Waals surface area contributed by atoms with Gasteiger partial charge in [0.2, 0.25) is 10.0 Å². The molecule has 3 heterocycles. The molecule has 1 fully saturated rings. The summed E-state index contributed by atoms with van der Waals surface area (Å²) in [6.07, 6.45) is 1.30. The lowest BCUT2D eigenvalue weighted by molar-refractivity contribution is 0.443. The van der Waals surface area contributed by atoms with Gasteiger partial charge < -0.3 is 0 Å². The number of rotatable bonds is 4. The molecule has 0 aliphatic carbocycles. The minimum absolute atomic E-state index is 0.0467. The summed E-state index contributed by atoms with van der Waals surface area (Å²) in [4.78, 5) is 12.8. The van der Waals surface area contributed by atoms with Gasteiger partial charge in [-0.1, -0.05) is 17.7 Å². The number of pyridine rings is 1. The monoisotopic (exact) mass is 442 g/mol. The smallest absolute Gasteiger partial charge is 0.249 e. The number of hydrogen-bond acceptors (Lipinski definition) is 5. The number of halogens is 2. The number of benzene rings is 1. The zero-order chi connectivity index (χ0) is 19.9. The van der Waals surface area contributed by atoms with Crippen LogP contribution in [0.25, 0.3) is 5.65 Å². The highest BCUT2D eigenvalue weighted by Crippen LogP contribution is 2.21. The van der Waals surface area contributed by atoms with Gasteiger partial charge in [0.05, 0.1) is 11.4 Å². The van der Waals surface area contributed by atoms with E-state index >= 15 is 0 Å². The molecule has 4 rings (SSSR count). The van der Waals surface area contributed by atoms with Gasteiger partial charge in [-0.3, -0.25) is 0 Å². The van der Waals surface area contributed by atoms with Crippen molar-refractivity contribution in [3.8, 4) is 0 Å². The van der Waals surface area contributed by atoms with E-state index in [1.165, 1.54) is 49.9 Å². The zero-order valence-corrected chi connectivity index (χ0v) is 17.0. The van der Waals surface area contributed by atoms with Gasteiger partial charge in [0, 0.05) is 35.8 Å². The molecule has 0 unspecified atom stereocenters. The highest BCUT2D eigenvalue weighted by Gasteiger charge is 2.27. The second-order valence-electron chi connectivity index (χ2n) is 6.29. The number of hydrogen-bond donors (Lipinski definition) is 0. The van der Waals surface area contributed by atoms with Gasteiger partial charge in [0.25, 0.3) is 0 Å². The predicted molar refractivity (Wildman–Crippen MR) is 106 cm³/mol. The molecule has 1 aromatic carbocycles. The van der Waals surface area contributed by atoms with E-state index in [1.807, 2.05) is 0 Å². The van der Waals surface area contributed by atoms with E-state index in [0.29, 0.717) is 24.3 Å². The molecular weight excluding hydrogens is 427 g/mol. The quantitative estimate of drug-likeness (QED) is 0.618. The Labute approximate surface area is 169 Å². The summed E-state index contributed by atoms with van der Waals surface area (Å²) >= 11 is 7.74. The summed E-state index contributed by atoms with van der Waals surface area (Å²) in [5.74, 6) is 1.03. The Morgan fingerprint density at radius 3 is 2.64 bits per heavy atom. The van der Waals surface area contributed by atoms with Crippen LogP contribution in [-0.2, 0) is 16.6 Å². The van der Waals surface area contributed by atoms with Crippen molar-refractivity contribution in [2.24, 2.45) is 0 Å². The van der Waals surface area contributed by atoms with Crippen LogP contribution < -0.4 is 5.69 Å². The zero-order valence-electron chi connectivity index (χ0n) is 14.6. The molecule has 148 valence electrons. The van der Waals surface area contributed by atoms with E-state index in [9.17, 15) is 17.6 Å². The normalized spacial score (nSPS) is 15.9. The van der Waals surface area contributed by atoms with Crippen molar-refractivity contribution in [2.45, 2.75) is 11.4 Å². The molecule has 0 amide bonds. The van der Waals surface area contributed by atoms with Crippen LogP contribution in [0.4, 0.5) is 4.39 Å². The van der Waals surface area contributed by atoms with Gasteiger partial charge in [-0.05, 0) is 29.8 Å². The lowest BCUT2D eigenvalue weighted by Gasteiger charge is -2.25. The summed E-state index contributed by atoms with van der Waals surface area (Å²) in [7, 11) is -3.67. The predicted octanol–water partition coefficient (Wildman–Crippen LogP) is 2.07. The fourth-order valence-corrected chi connectivity index (χ4v) is 5.80. The molecule has 0 radical (unpaired) electrons. The maximum Gasteiger partial charge on any atom is 0.350 e. The Bertz CT molecular complexity index is 1200. The van der Waals surface area contributed by atoms with Crippen molar-refractivity contribution in [1.82, 2.24) is 18.5 Å². The molecule has 1 aliphatic heterocycles. The van der Waals surface area contributed by atoms with Crippen LogP contribution in [0.5, 0.6) is 0 Å². The first-order chi connectivity index (χ1) is 13.4. The summed E-state index contributed by atoms with van der Waals surface area (Å²) < 4.78 is 42.7. The van der Waals surface area contributed by atoms with Crippen LogP contribution in [0.3, 0.4) is 0 Å². The van der Waals surface area contributed by atoms with E-state index < -0.39 is 21.5 Å². The highest BCUT2D eigenvalue weighted by molar-refractivity contribution is 7.99. The summed E-state index contributed by atoms with van der Waals surface area (Å²) in [6.45, 7) is 0.940. The van der Waals surface area contributed by atoms with Gasteiger partial charge in [-0.15, -0.1) is 5.10 Å². The molecule has 7 nitrogen and oxygen atoms in total. The first-order valence-corrected chi connectivity index (χ1v) is 11.4. The Morgan fingerprint density at radius 2 is 1.93 bits per heavy atom. The van der Waals surface area contributed by atoms with Gasteiger partial charge in [-0.2, -0.15) is 16.1 Å². The average molecular weight is 443 g/mol. The molecule has 0 atom stereocenters. The first kappa shape index (κ1) is 19.4. The third kappa shape index (κ3) is 3.57. The fourth-order valence-electron chi connectivity index (χ4n) is 3.00. The molecular formula is C17H16ClFN4O3S2. The lowest BCUT2D eigenvalue weighted by Crippen LogP contribution is -2.38. The van der Waals surface area contributed by atoms with Crippen molar-refractivity contribution in [2.75, 3.05) is 24.6 Å². The highest BCUT2D eigenvalue weighted by atomic mass is 35.5. The molecule has 0 spiro atoms. The minimum Gasteiger partial charge on any atom is -0.249 e. The number of thioether (sulfide) groups is 1. The SMILES string of the molecule is O=c1n(Cc2ccc(F)cc2Cl)nc2ccc(S(=O)(=O)N3CCSCC3)cn12. The van der Waals surface area contributed by atoms with E-state index in [-0.39, 0.29) is 16.5 Å². The molecule has 28 heavy (non-hydrogen) atoms. The van der Waals surface area contributed by atoms with Crippen LogP contribution in [0.15, 0.2) is 46.2 Å². The van der Waals surface area contributed by atoms with Gasteiger partial charge in [-0.25, -0.2) is 26.7 Å². The van der Waals surface area contributed by atoms with E-state index in [2.05, 4.69) is 5.10 Å². The van der Waals surface area contributed by atoms with Crippen LogP contribution >= 0.6 is 23.4 Å². The molecule has 1 saturated heterocycles. The Hall–Kier alpha value is -1.88. The number of fused-ring (bicyclic) bond motifs is 1. The standard InChI is InChI=1S/C17H16ClFN4O3S2/c18-15-9-13(19)2-1-12(15)10-23-17(24)22-11-14(3-4-16(22)20-23)28(25,26)21-5-7-27-8-6-21/h1-4,9,11H,5-8,10H2. The number of aromatic nitrogens is 3. The van der Waals surface area contributed by atoms with Crippen molar-refractivity contribution in [1.29, 1.82) is 0 Å². The van der Waals surface area contributed by atoms with Crippen LogP contribution in [-0.4, -0.2) is 51.5 Å². The van der Waals surface area contributed by atoms with Gasteiger partial charge in [0.15, 0.2) is 5.65 Å². The topological polar surface area (TPSA) is 76.7 Å². The Kier molecular flexibility index (Phi) is 5.21. The van der Waals surface area contributed by atoms with Gasteiger partial charge in [0.1, 0.15) is 5.82 Å². The maximum atomic E-state index is 13.2. The fraction of sp³-hybridized carbons (Fsp3) is 0.294. The molecule has 0 bridgehead atoms. The average Bonchev–Trinajstić information content (AvgIpc) is 3.00. The van der Waals surface area contributed by atoms with Crippen LogP contribution in [0, 0.1) is 5.82 Å². The second kappa shape index (κ2) is 7.51. The van der Waals surface area contributed by atoms with Crippen LogP contribution in [0.2, 0.25) is 5.02 Å². The van der Waals surface area contributed by atoms with Crippen molar-refractivity contribution >= 4 is 39.0 Å². The third-order valence-corrected chi connectivity index (χ3v) is 7.67. The minimum atomic E-state index is -3.67. The van der Waals surface area contributed by atoms with E-state index in [1.54, 1.807) is 11.8 Å². The molecule has 3 aromatic rings. The summed E-state index contributed by atoms with van der Waals surface area (Å²) in [5.41, 5.74) is 0.352. The molecule has 1 aliphatic rings. The van der Waals surface area contributed by atoms with Gasteiger partial charge >= 0.3 is 5.69 Å². The second-order valence-corrected chi connectivity index (χ2v) is 9.86. The molecule has 0 N–H and O–H groups in total. The Morgan fingerprint density at radius 1 is 1.18 bits per heavy atom. The van der Waals surface area contributed by atoms with E-state index in [0.717, 1.165) is 11.5 Å². The summed E-state index contributed by atoms with van der Waals surface area (Å²) in [6, 6.07) is 6.85. The lowest BCUT2D eigenvalue weighted by atomic mass is 10.2. The largest absolute Gasteiger partial charge is 0.350 e. The van der Waals surface area contributed by atoms with Crippen molar-refractivity contribution in [3.05, 3.63) is 63.4 Å². The molecule has 11 heteroatoms. The number of nitrogens with zero attached hydrogens (tertiary/aromatic N) is 4. The van der Waals surface area contributed by atoms with Crippen molar-refractivity contribution < 1.29 is 12.8 Å². The van der Waals surface area contributed by atoms with E-state index in [4.69, 9.17) is 11.6 Å². The summed E-state index contributed by atoms with van der Waals surface area (Å²) in [5, 5.41) is 4.40. The van der Waals surface area contributed by atoms with Crippen molar-refractivity contribution in [3.63, 3.8) is 0 Å². The molecule has 0 saturated carbocycles. The first-order valence-electron chi connectivity index (χ1n) is 8.47. The number of sulfonamides is 1. The third-order valence-electron chi connectivity index (χ3n) is 4.49. The molecule has 2 aromatic heterocycles. The maximum absolute atomic E-state index is 13.2. The van der Waals surface area contributed by atoms with Crippen LogP contribution in [0.1, 0.15) is 5.56 Å². The Balaban J connectivity index is 1.71.